The van der Waals surface area contributed by atoms with Crippen LogP contribution in [0.5, 0.6) is 0 Å². The van der Waals surface area contributed by atoms with E-state index in [2.05, 4.69) is 26.8 Å². The molecule has 0 aromatic heterocycles. The van der Waals surface area contributed by atoms with Gasteiger partial charge < -0.3 is 4.74 Å². The lowest BCUT2D eigenvalue weighted by molar-refractivity contribution is 0.185. The minimum Gasteiger partial charge on any atom is -0.382 e. The van der Waals surface area contributed by atoms with Gasteiger partial charge in [-0.15, -0.1) is 0 Å². The summed E-state index contributed by atoms with van der Waals surface area (Å²) >= 11 is 0. The van der Waals surface area contributed by atoms with Gasteiger partial charge in [0.05, 0.1) is 12.6 Å². The van der Waals surface area contributed by atoms with Gasteiger partial charge in [0.15, 0.2) is 0 Å². The van der Waals surface area contributed by atoms with E-state index in [1.807, 2.05) is 0 Å². The number of aliphatic imine (C=N–C) groups is 1. The molecule has 0 saturated carbocycles. The molecule has 1 aliphatic carbocycles. The largest absolute Gasteiger partial charge is 0.382 e. The molecule has 0 aromatic rings. The van der Waals surface area contributed by atoms with Gasteiger partial charge in [0.1, 0.15) is 0 Å². The molecule has 0 N–H and O–H groups in total. The van der Waals surface area contributed by atoms with Crippen molar-refractivity contribution in [3.8, 4) is 0 Å². The van der Waals surface area contributed by atoms with E-state index in [1.165, 1.54) is 24.1 Å². The maximum atomic E-state index is 5.12. The molecule has 0 fully saturated rings. The second-order valence-electron chi connectivity index (χ2n) is 4.38. The molecule has 1 rings (SSSR count). The van der Waals surface area contributed by atoms with Crippen molar-refractivity contribution in [2.24, 2.45) is 10.9 Å². The van der Waals surface area contributed by atoms with Crippen molar-refractivity contribution in [2.45, 2.75) is 46.1 Å². The molecule has 0 aliphatic heterocycles. The third-order valence-electron chi connectivity index (χ3n) is 2.93. The average Bonchev–Trinajstić information content (AvgIpc) is 2.21. The van der Waals surface area contributed by atoms with E-state index < -0.39 is 0 Å². The Morgan fingerprint density at radius 1 is 1.60 bits per heavy atom. The maximum Gasteiger partial charge on any atom is 0.0708 e. The van der Waals surface area contributed by atoms with Crippen LogP contribution in [0, 0.1) is 5.92 Å². The highest BCUT2D eigenvalue weighted by Gasteiger charge is 2.18. The Balaban J connectivity index is 2.78. The van der Waals surface area contributed by atoms with Gasteiger partial charge in [-0.2, -0.15) is 0 Å². The van der Waals surface area contributed by atoms with Crippen LogP contribution in [0.1, 0.15) is 40.0 Å². The van der Waals surface area contributed by atoms with Gasteiger partial charge in [-0.05, 0) is 37.7 Å². The first kappa shape index (κ1) is 12.4. The lowest BCUT2D eigenvalue weighted by Gasteiger charge is -2.23. The van der Waals surface area contributed by atoms with E-state index in [0.29, 0.717) is 12.5 Å². The standard InChI is InChI=1S/C13H23NO/c1-5-12-8-6-7-10(2)13(12)14-11(3)9-15-4/h8,10-11H,5-7,9H2,1-4H3/t10?,11-/m0/s1. The average molecular weight is 209 g/mol. The molecule has 2 heteroatoms. The van der Waals surface area contributed by atoms with Crippen LogP contribution in [-0.2, 0) is 4.74 Å². The molecule has 0 radical (unpaired) electrons. The predicted octanol–water partition coefficient (Wildman–Crippen LogP) is 3.23. The third-order valence-corrected chi connectivity index (χ3v) is 2.93. The van der Waals surface area contributed by atoms with Crippen LogP contribution in [0.15, 0.2) is 16.6 Å². The number of hydrogen-bond donors (Lipinski definition) is 0. The zero-order chi connectivity index (χ0) is 11.3. The molecule has 0 amide bonds. The Morgan fingerprint density at radius 2 is 2.33 bits per heavy atom. The van der Waals surface area contributed by atoms with E-state index in [0.717, 1.165) is 6.42 Å². The van der Waals surface area contributed by atoms with Crippen LogP contribution in [0.3, 0.4) is 0 Å². The topological polar surface area (TPSA) is 21.6 Å². The fourth-order valence-electron chi connectivity index (χ4n) is 2.12. The van der Waals surface area contributed by atoms with Crippen molar-refractivity contribution in [1.82, 2.24) is 0 Å². The van der Waals surface area contributed by atoms with Crippen LogP contribution in [0.25, 0.3) is 0 Å². The first-order valence-electron chi connectivity index (χ1n) is 5.95. The number of rotatable bonds is 4. The van der Waals surface area contributed by atoms with Crippen molar-refractivity contribution in [3.05, 3.63) is 11.6 Å². The Hall–Kier alpha value is -0.630. The van der Waals surface area contributed by atoms with Crippen molar-refractivity contribution < 1.29 is 4.74 Å². The molecule has 0 heterocycles. The van der Waals surface area contributed by atoms with Gasteiger partial charge in [0, 0.05) is 12.8 Å². The Bertz CT molecular complexity index is 255. The quantitative estimate of drug-likeness (QED) is 0.696. The Kier molecular flexibility index (Phi) is 5.03. The summed E-state index contributed by atoms with van der Waals surface area (Å²) in [6, 6.07) is 0.278. The highest BCUT2D eigenvalue weighted by Crippen LogP contribution is 2.24. The minimum absolute atomic E-state index is 0.278. The molecule has 2 atom stereocenters. The van der Waals surface area contributed by atoms with Crippen LogP contribution in [-0.4, -0.2) is 25.5 Å². The van der Waals surface area contributed by atoms with Gasteiger partial charge in [-0.3, -0.25) is 4.99 Å². The zero-order valence-electron chi connectivity index (χ0n) is 10.4. The summed E-state index contributed by atoms with van der Waals surface area (Å²) in [7, 11) is 1.73. The molecule has 2 nitrogen and oxygen atoms in total. The zero-order valence-corrected chi connectivity index (χ0v) is 10.4. The molecule has 15 heavy (non-hydrogen) atoms. The number of ether oxygens (including phenoxy) is 1. The number of methoxy groups -OCH3 is 1. The smallest absolute Gasteiger partial charge is 0.0708 e. The van der Waals surface area contributed by atoms with Gasteiger partial charge >= 0.3 is 0 Å². The van der Waals surface area contributed by atoms with Crippen molar-refractivity contribution in [2.75, 3.05) is 13.7 Å². The second-order valence-corrected chi connectivity index (χ2v) is 4.38. The SMILES string of the molecule is CCC1=CCCC(C)C1=N[C@@H](C)COC. The molecule has 0 bridgehead atoms. The Labute approximate surface area is 93.4 Å². The third kappa shape index (κ3) is 3.45. The predicted molar refractivity (Wildman–Crippen MR) is 65.5 cm³/mol. The molecule has 1 aliphatic rings. The van der Waals surface area contributed by atoms with E-state index in [9.17, 15) is 0 Å². The molecule has 0 aromatic carbocycles. The molecular weight excluding hydrogens is 186 g/mol. The molecule has 0 spiro atoms. The van der Waals surface area contributed by atoms with Crippen LogP contribution in [0.4, 0.5) is 0 Å². The first-order chi connectivity index (χ1) is 7.19. The van der Waals surface area contributed by atoms with Crippen LogP contribution >= 0.6 is 0 Å². The summed E-state index contributed by atoms with van der Waals surface area (Å²) in [6.45, 7) is 7.32. The van der Waals surface area contributed by atoms with Gasteiger partial charge in [-0.1, -0.05) is 19.9 Å². The lowest BCUT2D eigenvalue weighted by atomic mass is 9.86. The van der Waals surface area contributed by atoms with Gasteiger partial charge in [0.25, 0.3) is 0 Å². The molecule has 1 unspecified atom stereocenters. The summed E-state index contributed by atoms with van der Waals surface area (Å²) in [5.41, 5.74) is 2.75. The van der Waals surface area contributed by atoms with Crippen molar-refractivity contribution in [3.63, 3.8) is 0 Å². The molecule has 0 saturated heterocycles. The molecular formula is C13H23NO. The normalized spacial score (nSPS) is 26.5. The number of hydrogen-bond acceptors (Lipinski definition) is 2. The monoisotopic (exact) mass is 209 g/mol. The highest BCUT2D eigenvalue weighted by molar-refractivity contribution is 6.02. The fourth-order valence-corrected chi connectivity index (χ4v) is 2.12. The van der Waals surface area contributed by atoms with Crippen LogP contribution in [0.2, 0.25) is 0 Å². The van der Waals surface area contributed by atoms with E-state index in [4.69, 9.17) is 9.73 Å². The fraction of sp³-hybridized carbons (Fsp3) is 0.769. The number of nitrogens with zero attached hydrogens (tertiary/aromatic N) is 1. The van der Waals surface area contributed by atoms with Gasteiger partial charge in [0.2, 0.25) is 0 Å². The molecule has 86 valence electrons. The minimum atomic E-state index is 0.278. The summed E-state index contributed by atoms with van der Waals surface area (Å²) in [4.78, 5) is 4.78. The lowest BCUT2D eigenvalue weighted by Crippen LogP contribution is -2.21. The van der Waals surface area contributed by atoms with Gasteiger partial charge in [-0.25, -0.2) is 0 Å². The van der Waals surface area contributed by atoms with E-state index in [1.54, 1.807) is 7.11 Å². The maximum absolute atomic E-state index is 5.12. The van der Waals surface area contributed by atoms with Crippen molar-refractivity contribution >= 4 is 5.71 Å². The summed E-state index contributed by atoms with van der Waals surface area (Å²) in [6.07, 6.45) is 5.89. The van der Waals surface area contributed by atoms with Crippen molar-refractivity contribution in [1.29, 1.82) is 0 Å². The second kappa shape index (κ2) is 6.06. The summed E-state index contributed by atoms with van der Waals surface area (Å²) in [5.74, 6) is 0.615. The van der Waals surface area contributed by atoms with E-state index in [-0.39, 0.29) is 6.04 Å². The van der Waals surface area contributed by atoms with Crippen LogP contribution < -0.4 is 0 Å². The Morgan fingerprint density at radius 3 is 2.93 bits per heavy atom. The summed E-state index contributed by atoms with van der Waals surface area (Å²) < 4.78 is 5.12. The van der Waals surface area contributed by atoms with E-state index >= 15 is 0 Å². The number of allylic oxidation sites excluding steroid dienone is 2. The summed E-state index contributed by atoms with van der Waals surface area (Å²) in [5, 5.41) is 0. The highest BCUT2D eigenvalue weighted by atomic mass is 16.5. The first-order valence-corrected chi connectivity index (χ1v) is 5.95.